The molecule has 0 aliphatic heterocycles. The first-order valence-electron chi connectivity index (χ1n) is 1.34. The van der Waals surface area contributed by atoms with E-state index in [4.69, 9.17) is 0 Å². The number of rotatable bonds is 0. The molecule has 0 fully saturated rings. The standard InChI is InChI=1S/C3H9N.B.H3P/c1-4(2)3;;/h1-3H3;;1H3. The van der Waals surface area contributed by atoms with E-state index in [0.717, 1.165) is 0 Å². The molecule has 3 radical (unpaired) electrons. The van der Waals surface area contributed by atoms with Gasteiger partial charge in [0, 0.05) is 8.41 Å². The van der Waals surface area contributed by atoms with Gasteiger partial charge in [-0.05, 0) is 21.1 Å². The summed E-state index contributed by atoms with van der Waals surface area (Å²) in [6, 6.07) is 0. The number of nitrogens with zero attached hydrogens (tertiary/aromatic N) is 1. The molecule has 1 unspecified atom stereocenters. The Hall–Kier alpha value is 0.455. The zero-order chi connectivity index (χ0) is 3.58. The van der Waals surface area contributed by atoms with Gasteiger partial charge in [0.25, 0.3) is 0 Å². The number of hydrogen-bond donors (Lipinski definition) is 0. The molecule has 0 heterocycles. The fraction of sp³-hybridized carbons (Fsp3) is 1.00. The van der Waals surface area contributed by atoms with Crippen molar-refractivity contribution in [3.05, 3.63) is 0 Å². The summed E-state index contributed by atoms with van der Waals surface area (Å²) in [5.74, 6) is 0. The fourth-order valence-corrected chi connectivity index (χ4v) is 0. The first-order valence-corrected chi connectivity index (χ1v) is 1.34. The number of hydrogen-bond acceptors (Lipinski definition) is 1. The van der Waals surface area contributed by atoms with Crippen molar-refractivity contribution in [2.75, 3.05) is 21.1 Å². The molecule has 0 spiro atoms. The fourth-order valence-electron chi connectivity index (χ4n) is 0. The molecule has 0 bridgehead atoms. The van der Waals surface area contributed by atoms with Gasteiger partial charge in [-0.3, -0.25) is 0 Å². The SMILES string of the molecule is CN(C)C.P.[B]. The van der Waals surface area contributed by atoms with Gasteiger partial charge in [0.05, 0.1) is 0 Å². The van der Waals surface area contributed by atoms with Crippen molar-refractivity contribution in [2.24, 2.45) is 0 Å². The first-order chi connectivity index (χ1) is 1.73. The molecule has 0 amide bonds. The zero-order valence-electron chi connectivity index (χ0n) is 4.73. The second-order valence-electron chi connectivity index (χ2n) is 1.34. The third-order valence-electron chi connectivity index (χ3n) is 0. The van der Waals surface area contributed by atoms with E-state index < -0.39 is 0 Å². The molecule has 37 valence electrons. The second kappa shape index (κ2) is 9.07. The molecule has 0 saturated carbocycles. The minimum absolute atomic E-state index is 0. The average Bonchev–Trinajstić information content (AvgIpc) is 0.811. The van der Waals surface area contributed by atoms with Gasteiger partial charge in [0.15, 0.2) is 0 Å². The van der Waals surface area contributed by atoms with Crippen LogP contribution < -0.4 is 0 Å². The third kappa shape index (κ3) is 257. The second-order valence-corrected chi connectivity index (χ2v) is 1.34. The molecule has 0 aliphatic carbocycles. The molecular formula is C3H12BNP. The highest BCUT2D eigenvalue weighted by atomic mass is 31.0. The lowest BCUT2D eigenvalue weighted by Crippen LogP contribution is -1.99. The van der Waals surface area contributed by atoms with Crippen molar-refractivity contribution in [1.82, 2.24) is 4.90 Å². The summed E-state index contributed by atoms with van der Waals surface area (Å²) in [6.07, 6.45) is 0. The van der Waals surface area contributed by atoms with Crippen LogP contribution in [0.25, 0.3) is 0 Å². The summed E-state index contributed by atoms with van der Waals surface area (Å²) in [4.78, 5) is 2.00. The monoisotopic (exact) mass is 104 g/mol. The van der Waals surface area contributed by atoms with Crippen LogP contribution in [0.5, 0.6) is 0 Å². The van der Waals surface area contributed by atoms with Gasteiger partial charge in [-0.1, -0.05) is 0 Å². The highest BCUT2D eigenvalue weighted by molar-refractivity contribution is 6.92. The third-order valence-corrected chi connectivity index (χ3v) is 0. The van der Waals surface area contributed by atoms with Crippen LogP contribution in [0.2, 0.25) is 0 Å². The molecule has 1 atom stereocenters. The van der Waals surface area contributed by atoms with Crippen molar-refractivity contribution in [3.63, 3.8) is 0 Å². The maximum absolute atomic E-state index is 2.00. The van der Waals surface area contributed by atoms with E-state index in [-0.39, 0.29) is 18.3 Å². The molecule has 0 saturated heterocycles. The van der Waals surface area contributed by atoms with Crippen LogP contribution in [-0.4, -0.2) is 34.5 Å². The van der Waals surface area contributed by atoms with Crippen LogP contribution in [0.3, 0.4) is 0 Å². The van der Waals surface area contributed by atoms with Gasteiger partial charge in [0.1, 0.15) is 0 Å². The minimum atomic E-state index is 0. The molecule has 0 aromatic carbocycles. The van der Waals surface area contributed by atoms with Gasteiger partial charge in [-0.25, -0.2) is 0 Å². The van der Waals surface area contributed by atoms with E-state index >= 15 is 0 Å². The predicted molar refractivity (Wildman–Crippen MR) is 36.5 cm³/mol. The summed E-state index contributed by atoms with van der Waals surface area (Å²) >= 11 is 0. The highest BCUT2D eigenvalue weighted by Crippen LogP contribution is 1.47. The molecular weight excluding hydrogens is 91.8 g/mol. The Bertz CT molecular complexity index is 15.5. The lowest BCUT2D eigenvalue weighted by molar-refractivity contribution is 0.505. The lowest BCUT2D eigenvalue weighted by atomic mass is 10.8. The Morgan fingerprint density at radius 1 is 1.00 bits per heavy atom. The van der Waals surface area contributed by atoms with Crippen molar-refractivity contribution in [3.8, 4) is 0 Å². The topological polar surface area (TPSA) is 3.24 Å². The van der Waals surface area contributed by atoms with E-state index in [0.29, 0.717) is 0 Å². The molecule has 0 aromatic heterocycles. The Kier molecular flexibility index (Phi) is 24.3. The van der Waals surface area contributed by atoms with Crippen molar-refractivity contribution < 1.29 is 0 Å². The van der Waals surface area contributed by atoms with Crippen LogP contribution in [-0.2, 0) is 0 Å². The average molecular weight is 104 g/mol. The Labute approximate surface area is 45.3 Å². The van der Waals surface area contributed by atoms with Gasteiger partial charge in [-0.2, -0.15) is 9.90 Å². The first kappa shape index (κ1) is 16.1. The van der Waals surface area contributed by atoms with E-state index in [1.165, 1.54) is 0 Å². The van der Waals surface area contributed by atoms with Crippen molar-refractivity contribution >= 4 is 18.3 Å². The van der Waals surface area contributed by atoms with Gasteiger partial charge >= 0.3 is 0 Å². The molecule has 0 rings (SSSR count). The quantitative estimate of drug-likeness (QED) is 0.305. The molecule has 1 nitrogen and oxygen atoms in total. The van der Waals surface area contributed by atoms with Gasteiger partial charge < -0.3 is 4.90 Å². The summed E-state index contributed by atoms with van der Waals surface area (Å²) < 4.78 is 0. The largest absolute Gasteiger partial charge is 0.312 e. The summed E-state index contributed by atoms with van der Waals surface area (Å²) in [6.45, 7) is 0. The molecule has 0 N–H and O–H groups in total. The van der Waals surface area contributed by atoms with Gasteiger partial charge in [-0.15, -0.1) is 0 Å². The van der Waals surface area contributed by atoms with Crippen LogP contribution in [0, 0.1) is 0 Å². The smallest absolute Gasteiger partial charge is 0 e. The highest BCUT2D eigenvalue weighted by Gasteiger charge is 1.58. The van der Waals surface area contributed by atoms with E-state index in [9.17, 15) is 0 Å². The Morgan fingerprint density at radius 2 is 1.00 bits per heavy atom. The molecule has 0 aliphatic rings. The van der Waals surface area contributed by atoms with Crippen LogP contribution in [0.15, 0.2) is 0 Å². The maximum Gasteiger partial charge on any atom is 0 e. The van der Waals surface area contributed by atoms with Crippen molar-refractivity contribution in [2.45, 2.75) is 0 Å². The Morgan fingerprint density at radius 3 is 1.00 bits per heavy atom. The van der Waals surface area contributed by atoms with Gasteiger partial charge in [0.2, 0.25) is 0 Å². The van der Waals surface area contributed by atoms with E-state index in [2.05, 4.69) is 0 Å². The van der Waals surface area contributed by atoms with Crippen LogP contribution in [0.1, 0.15) is 0 Å². The van der Waals surface area contributed by atoms with Crippen molar-refractivity contribution in [1.29, 1.82) is 0 Å². The van der Waals surface area contributed by atoms with Crippen LogP contribution >= 0.6 is 9.90 Å². The maximum atomic E-state index is 2.00. The molecule has 0 aromatic rings. The zero-order valence-corrected chi connectivity index (χ0v) is 6.15. The van der Waals surface area contributed by atoms with E-state index in [1.807, 2.05) is 26.0 Å². The molecule has 3 heteroatoms. The minimum Gasteiger partial charge on any atom is -0.312 e. The lowest BCUT2D eigenvalue weighted by Gasteiger charge is -1.90. The Balaban J connectivity index is -0.0000000450. The normalized spacial score (nSPS) is 6.00. The summed E-state index contributed by atoms with van der Waals surface area (Å²) in [7, 11) is 6.00. The summed E-state index contributed by atoms with van der Waals surface area (Å²) in [5.41, 5.74) is 0. The summed E-state index contributed by atoms with van der Waals surface area (Å²) in [5, 5.41) is 0. The molecule has 6 heavy (non-hydrogen) atoms. The predicted octanol–water partition coefficient (Wildman–Crippen LogP) is -0.145. The van der Waals surface area contributed by atoms with E-state index in [1.54, 1.807) is 0 Å². The van der Waals surface area contributed by atoms with Crippen LogP contribution in [0.4, 0.5) is 0 Å².